The van der Waals surface area contributed by atoms with Crippen molar-refractivity contribution >= 4 is 10.0 Å². The molecule has 148 valence electrons. The van der Waals surface area contributed by atoms with Gasteiger partial charge in [0.1, 0.15) is 6.04 Å². The summed E-state index contributed by atoms with van der Waals surface area (Å²) >= 11 is 0. The third-order valence-corrected chi connectivity index (χ3v) is 7.21. The van der Waals surface area contributed by atoms with Crippen LogP contribution in [0.2, 0.25) is 0 Å². The van der Waals surface area contributed by atoms with Crippen LogP contribution >= 0.6 is 0 Å². The zero-order valence-electron chi connectivity index (χ0n) is 16.3. The Labute approximate surface area is 168 Å². The first-order valence-electron chi connectivity index (χ1n) is 9.71. The monoisotopic (exact) mass is 397 g/mol. The fourth-order valence-corrected chi connectivity index (χ4v) is 5.08. The van der Waals surface area contributed by atoms with Gasteiger partial charge in [-0.25, -0.2) is 8.42 Å². The number of rotatable bonds is 7. The van der Waals surface area contributed by atoms with E-state index in [-0.39, 0.29) is 11.8 Å². The largest absolute Gasteiger partial charge is 0.282 e. The minimum absolute atomic E-state index is 0.168. The van der Waals surface area contributed by atoms with Gasteiger partial charge >= 0.3 is 0 Å². The van der Waals surface area contributed by atoms with E-state index in [1.807, 2.05) is 61.5 Å². The van der Waals surface area contributed by atoms with Crippen LogP contribution in [-0.2, 0) is 16.4 Å². The molecule has 1 fully saturated rings. The van der Waals surface area contributed by atoms with Crippen molar-refractivity contribution in [2.24, 2.45) is 0 Å². The van der Waals surface area contributed by atoms with Crippen LogP contribution in [0, 0.1) is 18.3 Å². The van der Waals surface area contributed by atoms with Crippen LogP contribution in [0.1, 0.15) is 29.2 Å². The third-order valence-electron chi connectivity index (χ3n) is 5.26. The van der Waals surface area contributed by atoms with Crippen LogP contribution in [-0.4, -0.2) is 49.6 Å². The molecule has 0 radical (unpaired) electrons. The summed E-state index contributed by atoms with van der Waals surface area (Å²) in [5, 5.41) is 9.63. The van der Waals surface area contributed by atoms with E-state index in [9.17, 15) is 13.7 Å². The predicted octanol–water partition coefficient (Wildman–Crippen LogP) is 3.14. The minimum atomic E-state index is -3.26. The lowest BCUT2D eigenvalue weighted by atomic mass is 10.0. The zero-order chi connectivity index (χ0) is 20.0. The number of nitriles is 1. The lowest BCUT2D eigenvalue weighted by Gasteiger charge is -2.36. The van der Waals surface area contributed by atoms with Crippen LogP contribution in [0.15, 0.2) is 54.6 Å². The van der Waals surface area contributed by atoms with Crippen LogP contribution in [0.25, 0.3) is 0 Å². The summed E-state index contributed by atoms with van der Waals surface area (Å²) in [6, 6.07) is 20.0. The van der Waals surface area contributed by atoms with Crippen LogP contribution < -0.4 is 0 Å². The van der Waals surface area contributed by atoms with Crippen LogP contribution in [0.5, 0.6) is 0 Å². The average molecular weight is 398 g/mol. The second kappa shape index (κ2) is 9.33. The molecule has 1 heterocycles. The number of hydrogen-bond donors (Lipinski definition) is 0. The molecule has 2 aromatic carbocycles. The number of nitrogens with zero attached hydrogens (tertiary/aromatic N) is 3. The van der Waals surface area contributed by atoms with Crippen molar-refractivity contribution in [2.45, 2.75) is 25.8 Å². The predicted molar refractivity (Wildman–Crippen MR) is 111 cm³/mol. The Morgan fingerprint density at radius 2 is 1.64 bits per heavy atom. The summed E-state index contributed by atoms with van der Waals surface area (Å²) in [6.07, 6.45) is 1.39. The highest BCUT2D eigenvalue weighted by molar-refractivity contribution is 7.89. The van der Waals surface area contributed by atoms with E-state index in [2.05, 4.69) is 11.0 Å². The first-order valence-corrected chi connectivity index (χ1v) is 11.3. The topological polar surface area (TPSA) is 64.4 Å². The van der Waals surface area contributed by atoms with Gasteiger partial charge in [-0.2, -0.15) is 9.57 Å². The van der Waals surface area contributed by atoms with Crippen molar-refractivity contribution in [2.75, 3.05) is 31.9 Å². The quantitative estimate of drug-likeness (QED) is 0.720. The molecule has 0 bridgehead atoms. The van der Waals surface area contributed by atoms with E-state index in [1.165, 1.54) is 0 Å². The molecule has 1 aliphatic rings. The highest BCUT2D eigenvalue weighted by Crippen LogP contribution is 2.23. The van der Waals surface area contributed by atoms with Crippen molar-refractivity contribution in [1.82, 2.24) is 9.21 Å². The minimum Gasteiger partial charge on any atom is -0.282 e. The first kappa shape index (κ1) is 20.5. The van der Waals surface area contributed by atoms with E-state index in [0.29, 0.717) is 32.6 Å². The molecule has 1 aliphatic heterocycles. The maximum atomic E-state index is 12.7. The van der Waals surface area contributed by atoms with Gasteiger partial charge in [0.15, 0.2) is 0 Å². The molecule has 0 saturated carbocycles. The molecule has 1 atom stereocenters. The molecule has 0 aliphatic carbocycles. The van der Waals surface area contributed by atoms with Gasteiger partial charge in [-0.3, -0.25) is 4.90 Å². The average Bonchev–Trinajstić information content (AvgIpc) is 2.71. The Kier molecular flexibility index (Phi) is 6.84. The summed E-state index contributed by atoms with van der Waals surface area (Å²) in [5.41, 5.74) is 3.29. The summed E-state index contributed by atoms with van der Waals surface area (Å²) < 4.78 is 26.9. The molecule has 3 rings (SSSR count). The van der Waals surface area contributed by atoms with Crippen molar-refractivity contribution in [1.29, 1.82) is 5.26 Å². The van der Waals surface area contributed by atoms with E-state index >= 15 is 0 Å². The van der Waals surface area contributed by atoms with Gasteiger partial charge in [-0.1, -0.05) is 60.2 Å². The molecular formula is C22H27N3O2S. The number of benzene rings is 2. The van der Waals surface area contributed by atoms with Gasteiger partial charge in [0.25, 0.3) is 0 Å². The number of hydrogen-bond acceptors (Lipinski definition) is 4. The summed E-state index contributed by atoms with van der Waals surface area (Å²) in [5.74, 6) is 0.168. The molecule has 0 amide bonds. The molecule has 0 aromatic heterocycles. The molecule has 1 saturated heterocycles. The van der Waals surface area contributed by atoms with Gasteiger partial charge in [-0.15, -0.1) is 0 Å². The number of aryl methyl sites for hydroxylation is 2. The van der Waals surface area contributed by atoms with Gasteiger partial charge in [0.05, 0.1) is 11.8 Å². The molecule has 6 heteroatoms. The van der Waals surface area contributed by atoms with Gasteiger partial charge in [-0.05, 0) is 30.9 Å². The Morgan fingerprint density at radius 3 is 2.25 bits per heavy atom. The standard InChI is InChI=1S/C22H27N3O2S/c1-19-9-11-21(12-10-19)22(18-23)24-13-15-25(16-14-24)28(26,27)17-5-8-20-6-3-2-4-7-20/h2-4,6-7,9-12,22H,5,8,13-17H2,1H3. The van der Waals surface area contributed by atoms with Gasteiger partial charge in [0, 0.05) is 26.2 Å². The Bertz CT molecular complexity index is 897. The fraction of sp³-hybridized carbons (Fsp3) is 0.409. The van der Waals surface area contributed by atoms with Crippen molar-refractivity contribution in [3.63, 3.8) is 0 Å². The SMILES string of the molecule is Cc1ccc(C(C#N)N2CCN(S(=O)(=O)CCCc3ccccc3)CC2)cc1. The highest BCUT2D eigenvalue weighted by Gasteiger charge is 2.30. The third kappa shape index (κ3) is 5.20. The second-order valence-corrected chi connectivity index (χ2v) is 9.37. The van der Waals surface area contributed by atoms with E-state index < -0.39 is 10.0 Å². The molecule has 1 unspecified atom stereocenters. The smallest absolute Gasteiger partial charge is 0.214 e. The Morgan fingerprint density at radius 1 is 1.00 bits per heavy atom. The molecular weight excluding hydrogens is 370 g/mol. The van der Waals surface area contributed by atoms with Crippen molar-refractivity contribution in [3.8, 4) is 6.07 Å². The van der Waals surface area contributed by atoms with Crippen molar-refractivity contribution in [3.05, 3.63) is 71.3 Å². The van der Waals surface area contributed by atoms with E-state index in [4.69, 9.17) is 0 Å². The van der Waals surface area contributed by atoms with E-state index in [0.717, 1.165) is 23.1 Å². The molecule has 5 nitrogen and oxygen atoms in total. The maximum Gasteiger partial charge on any atom is 0.214 e. The van der Waals surface area contributed by atoms with Crippen LogP contribution in [0.4, 0.5) is 0 Å². The van der Waals surface area contributed by atoms with Crippen LogP contribution in [0.3, 0.4) is 0 Å². The number of piperazine rings is 1. The molecule has 0 N–H and O–H groups in total. The lowest BCUT2D eigenvalue weighted by Crippen LogP contribution is -2.50. The summed E-state index contributed by atoms with van der Waals surface area (Å²) in [4.78, 5) is 2.07. The first-order chi connectivity index (χ1) is 13.5. The van der Waals surface area contributed by atoms with Gasteiger partial charge in [0.2, 0.25) is 10.0 Å². The Hall–Kier alpha value is -2.20. The molecule has 2 aromatic rings. The summed E-state index contributed by atoms with van der Waals surface area (Å²) in [6.45, 7) is 4.05. The fourth-order valence-electron chi connectivity index (χ4n) is 3.59. The maximum absolute atomic E-state index is 12.7. The normalized spacial score (nSPS) is 17.1. The second-order valence-electron chi connectivity index (χ2n) is 7.28. The lowest BCUT2D eigenvalue weighted by molar-refractivity contribution is 0.162. The van der Waals surface area contributed by atoms with Gasteiger partial charge < -0.3 is 0 Å². The number of sulfonamides is 1. The zero-order valence-corrected chi connectivity index (χ0v) is 17.1. The molecule has 28 heavy (non-hydrogen) atoms. The van der Waals surface area contributed by atoms with E-state index in [1.54, 1.807) is 4.31 Å². The Balaban J connectivity index is 1.53. The van der Waals surface area contributed by atoms with Crippen molar-refractivity contribution < 1.29 is 8.42 Å². The summed E-state index contributed by atoms with van der Waals surface area (Å²) in [7, 11) is -3.26. The highest BCUT2D eigenvalue weighted by atomic mass is 32.2. The molecule has 0 spiro atoms.